The Labute approximate surface area is 139 Å². The third-order valence-electron chi connectivity index (χ3n) is 3.37. The van der Waals surface area contributed by atoms with Crippen LogP contribution in [0.2, 0.25) is 0 Å². The van der Waals surface area contributed by atoms with Gasteiger partial charge in [-0.05, 0) is 12.1 Å². The fourth-order valence-electron chi connectivity index (χ4n) is 2.26. The normalized spacial score (nSPS) is 12.2. The first-order chi connectivity index (χ1) is 11.7. The van der Waals surface area contributed by atoms with Crippen molar-refractivity contribution in [1.82, 2.24) is 15.0 Å². The molecule has 1 atom stereocenters. The second kappa shape index (κ2) is 6.93. The van der Waals surface area contributed by atoms with Gasteiger partial charge in [0.15, 0.2) is 23.0 Å². The molecule has 7 nitrogen and oxygen atoms in total. The van der Waals surface area contributed by atoms with Crippen molar-refractivity contribution < 1.29 is 23.5 Å². The van der Waals surface area contributed by atoms with Crippen LogP contribution in [0.25, 0.3) is 11.0 Å². The Bertz CT molecular complexity index is 858. The minimum atomic E-state index is -1.50. The van der Waals surface area contributed by atoms with Crippen LogP contribution in [0.1, 0.15) is 5.69 Å². The quantitative estimate of drug-likeness (QED) is 0.686. The Morgan fingerprint density at radius 2 is 2.08 bits per heavy atom. The first kappa shape index (κ1) is 16.3. The van der Waals surface area contributed by atoms with Crippen molar-refractivity contribution >= 4 is 22.2 Å². The van der Waals surface area contributed by atoms with E-state index in [0.29, 0.717) is 28.2 Å². The number of methoxy groups -OCH3 is 2. The van der Waals surface area contributed by atoms with E-state index in [-0.39, 0.29) is 16.7 Å². The Morgan fingerprint density at radius 3 is 2.79 bits per heavy atom. The van der Waals surface area contributed by atoms with Crippen molar-refractivity contribution in [1.29, 1.82) is 0 Å². The number of aromatic amines is 1. The summed E-state index contributed by atoms with van der Waals surface area (Å²) in [6.45, 7) is 0. The number of nitrogens with one attached hydrogen (secondary N) is 1. The highest BCUT2D eigenvalue weighted by molar-refractivity contribution is 7.90. The van der Waals surface area contributed by atoms with Gasteiger partial charge in [-0.1, -0.05) is 0 Å². The summed E-state index contributed by atoms with van der Waals surface area (Å²) in [5.41, 5.74) is 1.58. The monoisotopic (exact) mass is 351 g/mol. The van der Waals surface area contributed by atoms with E-state index in [2.05, 4.69) is 19.9 Å². The van der Waals surface area contributed by atoms with E-state index in [1.165, 1.54) is 26.4 Å². The molecule has 1 aromatic carbocycles. The van der Waals surface area contributed by atoms with E-state index < -0.39 is 11.2 Å². The van der Waals surface area contributed by atoms with Crippen LogP contribution < -0.4 is 14.4 Å². The number of fused-ring (bicyclic) bond motifs is 1. The van der Waals surface area contributed by atoms with Crippen molar-refractivity contribution in [2.24, 2.45) is 0 Å². The van der Waals surface area contributed by atoms with Gasteiger partial charge in [-0.3, -0.25) is 14.9 Å². The molecule has 0 fully saturated rings. The minimum Gasteiger partial charge on any atom is -0.609 e. The molecule has 0 aliphatic carbocycles. The van der Waals surface area contributed by atoms with Gasteiger partial charge in [0, 0.05) is 34.0 Å². The second-order valence-corrected chi connectivity index (χ2v) is 6.15. The number of pyridine rings is 1. The fraction of sp³-hybridized carbons (Fsp3) is 0.200. The lowest BCUT2D eigenvalue weighted by Crippen LogP contribution is -2.10. The maximum Gasteiger partial charge on any atom is 0.322 e. The number of ether oxygens (including phenoxy) is 2. The van der Waals surface area contributed by atoms with Crippen LogP contribution in [-0.2, 0) is 16.9 Å². The molecule has 1 N–H and O–H groups in total. The van der Waals surface area contributed by atoms with E-state index in [1.54, 1.807) is 18.3 Å². The molecule has 9 heteroatoms. The Hall–Kier alpha value is -2.52. The van der Waals surface area contributed by atoms with Crippen molar-refractivity contribution in [3.63, 3.8) is 0 Å². The molecular weight excluding hydrogens is 337 g/mol. The summed E-state index contributed by atoms with van der Waals surface area (Å²) in [7, 11) is 3.01. The van der Waals surface area contributed by atoms with Gasteiger partial charge in [0.1, 0.15) is 5.69 Å². The first-order valence-electron chi connectivity index (χ1n) is 6.89. The van der Waals surface area contributed by atoms with Crippen LogP contribution in [0.3, 0.4) is 0 Å². The van der Waals surface area contributed by atoms with Gasteiger partial charge in [0.2, 0.25) is 0 Å². The third-order valence-corrected chi connectivity index (χ3v) is 4.53. The summed E-state index contributed by atoms with van der Waals surface area (Å²) in [5.74, 6) is 1.06. The predicted octanol–water partition coefficient (Wildman–Crippen LogP) is 2.55. The number of aromatic nitrogens is 3. The van der Waals surface area contributed by atoms with E-state index in [1.807, 2.05) is 0 Å². The number of nitrogens with zero attached hydrogens (tertiary/aromatic N) is 2. The first-order valence-corrected chi connectivity index (χ1v) is 8.20. The summed E-state index contributed by atoms with van der Waals surface area (Å²) in [6.07, 6.45) is 1.55. The highest BCUT2D eigenvalue weighted by atomic mass is 32.2. The van der Waals surface area contributed by atoms with Gasteiger partial charge < -0.3 is 14.0 Å². The third kappa shape index (κ3) is 3.08. The Balaban J connectivity index is 1.88. The summed E-state index contributed by atoms with van der Waals surface area (Å²) in [4.78, 5) is 15.0. The van der Waals surface area contributed by atoms with E-state index in [9.17, 15) is 9.08 Å². The minimum absolute atomic E-state index is 0.0301. The van der Waals surface area contributed by atoms with Gasteiger partial charge in [-0.25, -0.2) is 0 Å². The van der Waals surface area contributed by atoms with Gasteiger partial charge in [0.05, 0.1) is 25.3 Å². The molecular formula is C15H14FN3O4S. The van der Waals surface area contributed by atoms with Crippen molar-refractivity contribution in [2.75, 3.05) is 14.2 Å². The fourth-order valence-corrected chi connectivity index (χ4v) is 3.28. The van der Waals surface area contributed by atoms with Crippen LogP contribution in [0.15, 0.2) is 35.6 Å². The highest BCUT2D eigenvalue weighted by Crippen LogP contribution is 2.31. The molecule has 0 saturated heterocycles. The maximum absolute atomic E-state index is 12.6. The molecule has 126 valence electrons. The van der Waals surface area contributed by atoms with Gasteiger partial charge >= 0.3 is 5.16 Å². The predicted molar refractivity (Wildman–Crippen MR) is 85.3 cm³/mol. The number of H-pyrrole nitrogens is 1. The van der Waals surface area contributed by atoms with Crippen molar-refractivity contribution in [3.05, 3.63) is 36.2 Å². The molecule has 2 aromatic heterocycles. The summed E-state index contributed by atoms with van der Waals surface area (Å²) in [6, 6.07) is 6.12. The molecule has 2 heterocycles. The number of hydrogen-bond donors (Lipinski definition) is 1. The number of hydrogen-bond acceptors (Lipinski definition) is 6. The van der Waals surface area contributed by atoms with E-state index in [0.717, 1.165) is 0 Å². The second-order valence-electron chi connectivity index (χ2n) is 4.78. The molecule has 0 spiro atoms. The molecule has 0 aliphatic rings. The number of imidazole rings is 1. The number of halogens is 1. The molecule has 0 saturated carbocycles. The summed E-state index contributed by atoms with van der Waals surface area (Å²) in [5, 5.41) is 0.257. The van der Waals surface area contributed by atoms with Crippen LogP contribution in [-0.4, -0.2) is 33.7 Å². The maximum atomic E-state index is 12.6. The topological polar surface area (TPSA) is 92.3 Å². The highest BCUT2D eigenvalue weighted by Gasteiger charge is 2.22. The van der Waals surface area contributed by atoms with Gasteiger partial charge in [-0.15, -0.1) is 0 Å². The SMILES string of the molecule is COc1ccnc(C[S+]([O-])c2nc3cc(OF)ccc3[nH]2)c1OC. The van der Waals surface area contributed by atoms with Crippen molar-refractivity contribution in [2.45, 2.75) is 10.9 Å². The molecule has 0 radical (unpaired) electrons. The van der Waals surface area contributed by atoms with Crippen molar-refractivity contribution in [3.8, 4) is 17.2 Å². The average molecular weight is 351 g/mol. The average Bonchev–Trinajstić information content (AvgIpc) is 3.04. The molecule has 0 bridgehead atoms. The van der Waals surface area contributed by atoms with E-state index in [4.69, 9.17) is 9.47 Å². The molecule has 0 amide bonds. The van der Waals surface area contributed by atoms with Gasteiger partial charge in [-0.2, -0.15) is 4.98 Å². The van der Waals surface area contributed by atoms with Crippen LogP contribution in [0, 0.1) is 0 Å². The van der Waals surface area contributed by atoms with Crippen LogP contribution in [0.5, 0.6) is 17.2 Å². The number of benzene rings is 1. The van der Waals surface area contributed by atoms with Gasteiger partial charge in [0.25, 0.3) is 0 Å². The Kier molecular flexibility index (Phi) is 4.72. The van der Waals surface area contributed by atoms with Crippen LogP contribution >= 0.6 is 0 Å². The zero-order valence-electron chi connectivity index (χ0n) is 12.9. The van der Waals surface area contributed by atoms with E-state index >= 15 is 0 Å². The lowest BCUT2D eigenvalue weighted by Gasteiger charge is -2.12. The molecule has 24 heavy (non-hydrogen) atoms. The van der Waals surface area contributed by atoms with Crippen LogP contribution in [0.4, 0.5) is 4.53 Å². The zero-order chi connectivity index (χ0) is 17.1. The standard InChI is InChI=1S/C15H14FN3O4S/c1-21-13-5-6-17-12(14(13)22-2)8-24(20)15-18-10-4-3-9(23-16)7-11(10)19-15/h3-7H,8H2,1-2H3,(H,18,19). The number of rotatable bonds is 6. The lowest BCUT2D eigenvalue weighted by molar-refractivity contribution is -0.00604. The molecule has 1 unspecified atom stereocenters. The smallest absolute Gasteiger partial charge is 0.322 e. The zero-order valence-corrected chi connectivity index (χ0v) is 13.7. The Morgan fingerprint density at radius 1 is 1.25 bits per heavy atom. The molecule has 3 rings (SSSR count). The molecule has 0 aliphatic heterocycles. The summed E-state index contributed by atoms with van der Waals surface area (Å²) < 4.78 is 35.3. The summed E-state index contributed by atoms with van der Waals surface area (Å²) >= 11 is -1.50. The molecule has 3 aromatic rings. The lowest BCUT2D eigenvalue weighted by atomic mass is 10.3. The largest absolute Gasteiger partial charge is 0.609 e.